The van der Waals surface area contributed by atoms with Crippen molar-refractivity contribution in [2.45, 2.75) is 6.67 Å². The third kappa shape index (κ3) is 4.12. The van der Waals surface area contributed by atoms with Gasteiger partial charge in [-0.25, -0.2) is 8.42 Å². The van der Waals surface area contributed by atoms with Crippen molar-refractivity contribution >= 4 is 22.2 Å². The summed E-state index contributed by atoms with van der Waals surface area (Å²) in [5.41, 5.74) is 0.978. The number of hydrogen-bond donors (Lipinski definition) is 0. The molecule has 1 aliphatic rings. The van der Waals surface area contributed by atoms with Crippen LogP contribution in [0.25, 0.3) is 5.69 Å². The number of nitrogens with zero attached hydrogens (tertiary/aromatic N) is 4. The lowest BCUT2D eigenvalue weighted by Gasteiger charge is -2.33. The molecule has 1 aromatic carbocycles. The van der Waals surface area contributed by atoms with Gasteiger partial charge in [0, 0.05) is 44.3 Å². The molecule has 1 aliphatic heterocycles. The SMILES string of the molecule is COc1ccc(-n2ccn(CN3CCN(S(C)(=O)=O)CC3)c2=S)cc1. The normalized spacial score (nSPS) is 16.9. The van der Waals surface area contributed by atoms with E-state index < -0.39 is 10.0 Å². The first kappa shape index (κ1) is 18.1. The van der Waals surface area contributed by atoms with Crippen LogP contribution in [0.1, 0.15) is 0 Å². The van der Waals surface area contributed by atoms with Crippen molar-refractivity contribution in [3.05, 3.63) is 41.4 Å². The summed E-state index contributed by atoms with van der Waals surface area (Å²) < 4.78 is 34.5. The van der Waals surface area contributed by atoms with Gasteiger partial charge in [-0.15, -0.1) is 0 Å². The van der Waals surface area contributed by atoms with Crippen molar-refractivity contribution in [2.24, 2.45) is 0 Å². The van der Waals surface area contributed by atoms with Gasteiger partial charge < -0.3 is 9.30 Å². The summed E-state index contributed by atoms with van der Waals surface area (Å²) in [6, 6.07) is 7.73. The predicted octanol–water partition coefficient (Wildman–Crippen LogP) is 1.55. The summed E-state index contributed by atoms with van der Waals surface area (Å²) in [6.45, 7) is 3.08. The van der Waals surface area contributed by atoms with Gasteiger partial charge in [-0.05, 0) is 36.5 Å². The lowest BCUT2D eigenvalue weighted by molar-refractivity contribution is 0.152. The molecule has 0 radical (unpaired) electrons. The molecule has 1 aromatic heterocycles. The molecular formula is C16H22N4O3S2. The van der Waals surface area contributed by atoms with E-state index in [0.29, 0.717) is 37.6 Å². The van der Waals surface area contributed by atoms with Crippen LogP contribution in [-0.2, 0) is 16.7 Å². The predicted molar refractivity (Wildman–Crippen MR) is 99.1 cm³/mol. The molecule has 1 fully saturated rings. The zero-order valence-corrected chi connectivity index (χ0v) is 16.0. The number of imidazole rings is 1. The van der Waals surface area contributed by atoms with Crippen LogP contribution >= 0.6 is 12.2 Å². The maximum Gasteiger partial charge on any atom is 0.211 e. The van der Waals surface area contributed by atoms with E-state index in [1.807, 2.05) is 45.8 Å². The molecule has 0 bridgehead atoms. The Morgan fingerprint density at radius 3 is 2.28 bits per heavy atom. The highest BCUT2D eigenvalue weighted by Gasteiger charge is 2.23. The summed E-state index contributed by atoms with van der Waals surface area (Å²) in [4.78, 5) is 2.20. The highest BCUT2D eigenvalue weighted by molar-refractivity contribution is 7.88. The molecule has 3 rings (SSSR count). The molecule has 0 unspecified atom stereocenters. The van der Waals surface area contributed by atoms with Crippen molar-refractivity contribution in [1.82, 2.24) is 18.3 Å². The van der Waals surface area contributed by atoms with Gasteiger partial charge in [0.15, 0.2) is 4.77 Å². The molecule has 0 N–H and O–H groups in total. The number of rotatable bonds is 5. The van der Waals surface area contributed by atoms with E-state index in [0.717, 1.165) is 11.4 Å². The van der Waals surface area contributed by atoms with E-state index in [-0.39, 0.29) is 0 Å². The number of sulfonamides is 1. The first-order valence-corrected chi connectivity index (χ1v) is 10.2. The minimum atomic E-state index is -3.10. The fourth-order valence-electron chi connectivity index (χ4n) is 2.88. The Morgan fingerprint density at radius 1 is 1.08 bits per heavy atom. The van der Waals surface area contributed by atoms with Crippen molar-refractivity contribution in [3.8, 4) is 11.4 Å². The molecule has 0 amide bonds. The van der Waals surface area contributed by atoms with Crippen molar-refractivity contribution in [3.63, 3.8) is 0 Å². The largest absolute Gasteiger partial charge is 0.497 e. The van der Waals surface area contributed by atoms with E-state index in [1.54, 1.807) is 7.11 Å². The van der Waals surface area contributed by atoms with E-state index >= 15 is 0 Å². The first-order valence-electron chi connectivity index (χ1n) is 7.98. The molecule has 0 atom stereocenters. The molecular weight excluding hydrogens is 360 g/mol. The zero-order valence-electron chi connectivity index (χ0n) is 14.3. The molecule has 2 heterocycles. The van der Waals surface area contributed by atoms with Crippen molar-refractivity contribution in [2.75, 3.05) is 39.5 Å². The number of benzene rings is 1. The Labute approximate surface area is 153 Å². The lowest BCUT2D eigenvalue weighted by atomic mass is 10.3. The Hall–Kier alpha value is -1.68. The average molecular weight is 383 g/mol. The van der Waals surface area contributed by atoms with E-state index in [4.69, 9.17) is 17.0 Å². The highest BCUT2D eigenvalue weighted by atomic mass is 32.2. The molecule has 2 aromatic rings. The maximum absolute atomic E-state index is 11.6. The minimum absolute atomic E-state index is 0.519. The van der Waals surface area contributed by atoms with Gasteiger partial charge in [0.1, 0.15) is 5.75 Å². The van der Waals surface area contributed by atoms with Gasteiger partial charge in [-0.2, -0.15) is 4.31 Å². The fourth-order valence-corrected chi connectivity index (χ4v) is 3.99. The third-order valence-corrected chi connectivity index (χ3v) is 6.09. The van der Waals surface area contributed by atoms with Crippen LogP contribution in [0, 0.1) is 4.77 Å². The number of hydrogen-bond acceptors (Lipinski definition) is 5. The second-order valence-corrected chi connectivity index (χ2v) is 8.39. The van der Waals surface area contributed by atoms with E-state index in [9.17, 15) is 8.42 Å². The molecule has 25 heavy (non-hydrogen) atoms. The Morgan fingerprint density at radius 2 is 1.72 bits per heavy atom. The molecule has 0 aliphatic carbocycles. The van der Waals surface area contributed by atoms with Crippen molar-refractivity contribution in [1.29, 1.82) is 0 Å². The van der Waals surface area contributed by atoms with Gasteiger partial charge in [0.25, 0.3) is 0 Å². The van der Waals surface area contributed by atoms with Crippen LogP contribution in [0.3, 0.4) is 0 Å². The number of aromatic nitrogens is 2. The number of methoxy groups -OCH3 is 1. The van der Waals surface area contributed by atoms with Crippen LogP contribution < -0.4 is 4.74 Å². The van der Waals surface area contributed by atoms with Gasteiger partial charge in [-0.3, -0.25) is 9.47 Å². The molecule has 9 heteroatoms. The van der Waals surface area contributed by atoms with Crippen LogP contribution in [0.4, 0.5) is 0 Å². The summed E-state index contributed by atoms with van der Waals surface area (Å²) in [5.74, 6) is 0.804. The summed E-state index contributed by atoms with van der Waals surface area (Å²) >= 11 is 5.58. The van der Waals surface area contributed by atoms with Crippen LogP contribution in [-0.4, -0.2) is 66.3 Å². The monoisotopic (exact) mass is 382 g/mol. The lowest BCUT2D eigenvalue weighted by Crippen LogP contribution is -2.48. The van der Waals surface area contributed by atoms with Crippen molar-refractivity contribution < 1.29 is 13.2 Å². The Balaban J connectivity index is 1.69. The van der Waals surface area contributed by atoms with Gasteiger partial charge in [0.2, 0.25) is 10.0 Å². The van der Waals surface area contributed by atoms with Crippen LogP contribution in [0.5, 0.6) is 5.75 Å². The second kappa shape index (κ2) is 7.28. The van der Waals surface area contributed by atoms with Gasteiger partial charge in [-0.1, -0.05) is 0 Å². The smallest absolute Gasteiger partial charge is 0.211 e. The standard InChI is InChI=1S/C16H22N4O3S2/c1-23-15-5-3-14(4-6-15)20-12-9-18(16(20)24)13-17-7-10-19(11-8-17)25(2,21)22/h3-6,9,12H,7-8,10-11,13H2,1-2H3. The minimum Gasteiger partial charge on any atom is -0.497 e. The van der Waals surface area contributed by atoms with E-state index in [1.165, 1.54) is 10.6 Å². The average Bonchev–Trinajstić information content (AvgIpc) is 2.95. The molecule has 0 saturated carbocycles. The molecule has 1 saturated heterocycles. The van der Waals surface area contributed by atoms with Gasteiger partial charge >= 0.3 is 0 Å². The van der Waals surface area contributed by atoms with Gasteiger partial charge in [0.05, 0.1) is 20.0 Å². The second-order valence-electron chi connectivity index (χ2n) is 6.04. The maximum atomic E-state index is 11.6. The molecule has 7 nitrogen and oxygen atoms in total. The van der Waals surface area contributed by atoms with Crippen LogP contribution in [0.2, 0.25) is 0 Å². The van der Waals surface area contributed by atoms with Crippen LogP contribution in [0.15, 0.2) is 36.7 Å². The Kier molecular flexibility index (Phi) is 5.28. The summed E-state index contributed by atoms with van der Waals surface area (Å²) in [5, 5.41) is 0. The van der Waals surface area contributed by atoms with E-state index in [2.05, 4.69) is 4.90 Å². The summed E-state index contributed by atoms with van der Waals surface area (Å²) in [7, 11) is -1.46. The number of piperazine rings is 1. The third-order valence-electron chi connectivity index (χ3n) is 4.35. The topological polar surface area (TPSA) is 59.7 Å². The quantitative estimate of drug-likeness (QED) is 0.735. The molecule has 0 spiro atoms. The fraction of sp³-hybridized carbons (Fsp3) is 0.438. The zero-order chi connectivity index (χ0) is 18.0. The number of ether oxygens (including phenoxy) is 1. The first-order chi connectivity index (χ1) is 11.9. The Bertz CT molecular complexity index is 879. The summed E-state index contributed by atoms with van der Waals surface area (Å²) in [6.07, 6.45) is 5.15. The highest BCUT2D eigenvalue weighted by Crippen LogP contribution is 2.16. The molecule has 136 valence electrons.